The molecular formula is C21H16N2. The maximum Gasteiger partial charge on any atom is 0.149 e. The molecule has 0 amide bonds. The van der Waals surface area contributed by atoms with Crippen molar-refractivity contribution in [3.8, 4) is 28.5 Å². The van der Waals surface area contributed by atoms with E-state index in [9.17, 15) is 5.26 Å². The smallest absolute Gasteiger partial charge is 0.149 e. The third-order valence-electron chi connectivity index (χ3n) is 4.48. The van der Waals surface area contributed by atoms with E-state index in [1.807, 2.05) is 36.4 Å². The van der Waals surface area contributed by atoms with Crippen molar-refractivity contribution in [3.63, 3.8) is 0 Å². The average molecular weight is 296 g/mol. The quantitative estimate of drug-likeness (QED) is 0.682. The van der Waals surface area contributed by atoms with Gasteiger partial charge in [-0.2, -0.15) is 5.26 Å². The Kier molecular flexibility index (Phi) is 3.40. The summed E-state index contributed by atoms with van der Waals surface area (Å²) in [5, 5.41) is 9.67. The predicted octanol–water partition coefficient (Wildman–Crippen LogP) is 4.78. The lowest BCUT2D eigenvalue weighted by Crippen LogP contribution is -2.01. The van der Waals surface area contributed by atoms with E-state index in [2.05, 4.69) is 30.3 Å². The Bertz CT molecular complexity index is 891. The van der Waals surface area contributed by atoms with Gasteiger partial charge in [-0.25, -0.2) is 4.98 Å². The van der Waals surface area contributed by atoms with Gasteiger partial charge < -0.3 is 0 Å². The molecule has 3 aromatic rings. The number of hydrogen-bond acceptors (Lipinski definition) is 2. The lowest BCUT2D eigenvalue weighted by molar-refractivity contribution is 0.912. The SMILES string of the molecule is N#Cc1nc(-c2ccccc2)c2c(c1-c1ccccc1)CCC2. The van der Waals surface area contributed by atoms with E-state index in [4.69, 9.17) is 4.98 Å². The fraction of sp³-hybridized carbons (Fsp3) is 0.143. The molecule has 0 bridgehead atoms. The molecule has 1 aliphatic rings. The molecule has 1 aliphatic carbocycles. The number of nitrogens with zero attached hydrogens (tertiary/aromatic N) is 2. The van der Waals surface area contributed by atoms with Gasteiger partial charge in [0.25, 0.3) is 0 Å². The van der Waals surface area contributed by atoms with Crippen molar-refractivity contribution in [3.05, 3.63) is 77.5 Å². The number of hydrogen-bond donors (Lipinski definition) is 0. The third kappa shape index (κ3) is 2.31. The van der Waals surface area contributed by atoms with Crippen LogP contribution in [0.4, 0.5) is 0 Å². The van der Waals surface area contributed by atoms with Crippen LogP contribution in [-0.2, 0) is 12.8 Å². The van der Waals surface area contributed by atoms with Crippen LogP contribution in [0.1, 0.15) is 23.2 Å². The Labute approximate surface area is 136 Å². The Morgan fingerprint density at radius 3 is 2.04 bits per heavy atom. The molecule has 0 atom stereocenters. The van der Waals surface area contributed by atoms with Crippen LogP contribution in [0.25, 0.3) is 22.4 Å². The molecule has 0 aliphatic heterocycles. The summed E-state index contributed by atoms with van der Waals surface area (Å²) in [7, 11) is 0. The van der Waals surface area contributed by atoms with E-state index < -0.39 is 0 Å². The van der Waals surface area contributed by atoms with Gasteiger partial charge in [0.2, 0.25) is 0 Å². The number of pyridine rings is 1. The van der Waals surface area contributed by atoms with Gasteiger partial charge in [0.05, 0.1) is 5.69 Å². The maximum absolute atomic E-state index is 9.67. The van der Waals surface area contributed by atoms with Crippen molar-refractivity contribution in [1.29, 1.82) is 5.26 Å². The van der Waals surface area contributed by atoms with E-state index >= 15 is 0 Å². The van der Waals surface area contributed by atoms with E-state index in [0.717, 1.165) is 41.6 Å². The van der Waals surface area contributed by atoms with Crippen LogP contribution in [0, 0.1) is 11.3 Å². The monoisotopic (exact) mass is 296 g/mol. The van der Waals surface area contributed by atoms with Crippen molar-refractivity contribution in [2.24, 2.45) is 0 Å². The molecule has 0 saturated heterocycles. The van der Waals surface area contributed by atoms with Crippen LogP contribution < -0.4 is 0 Å². The second-order valence-corrected chi connectivity index (χ2v) is 5.84. The van der Waals surface area contributed by atoms with Gasteiger partial charge >= 0.3 is 0 Å². The number of benzene rings is 2. The van der Waals surface area contributed by atoms with Crippen LogP contribution in [-0.4, -0.2) is 4.98 Å². The molecule has 110 valence electrons. The van der Waals surface area contributed by atoms with E-state index in [-0.39, 0.29) is 0 Å². The normalized spacial score (nSPS) is 12.7. The topological polar surface area (TPSA) is 36.7 Å². The van der Waals surface area contributed by atoms with Crippen LogP contribution in [0.3, 0.4) is 0 Å². The highest BCUT2D eigenvalue weighted by Gasteiger charge is 2.24. The molecule has 0 unspecified atom stereocenters. The molecule has 2 aromatic carbocycles. The number of nitriles is 1. The molecule has 0 fully saturated rings. The number of aromatic nitrogens is 1. The first-order valence-corrected chi connectivity index (χ1v) is 7.95. The summed E-state index contributed by atoms with van der Waals surface area (Å²) in [5.74, 6) is 0. The van der Waals surface area contributed by atoms with Crippen molar-refractivity contribution in [2.45, 2.75) is 19.3 Å². The molecule has 0 saturated carbocycles. The predicted molar refractivity (Wildman–Crippen MR) is 91.8 cm³/mol. The molecule has 4 rings (SSSR count). The minimum Gasteiger partial charge on any atom is -0.236 e. The van der Waals surface area contributed by atoms with Gasteiger partial charge in [0.15, 0.2) is 0 Å². The summed E-state index contributed by atoms with van der Waals surface area (Å²) >= 11 is 0. The standard InChI is InChI=1S/C21H16N2/c22-14-19-20(15-8-3-1-4-9-15)17-12-7-13-18(17)21(23-19)16-10-5-2-6-11-16/h1-6,8-11H,7,12-13H2. The molecule has 1 heterocycles. The molecule has 0 radical (unpaired) electrons. The number of rotatable bonds is 2. The molecule has 0 spiro atoms. The highest BCUT2D eigenvalue weighted by molar-refractivity contribution is 5.79. The minimum atomic E-state index is 0.538. The van der Waals surface area contributed by atoms with E-state index in [1.54, 1.807) is 0 Å². The first kappa shape index (κ1) is 13.7. The molecule has 2 heteroatoms. The Morgan fingerprint density at radius 1 is 0.783 bits per heavy atom. The van der Waals surface area contributed by atoms with Crippen LogP contribution >= 0.6 is 0 Å². The second-order valence-electron chi connectivity index (χ2n) is 5.84. The van der Waals surface area contributed by atoms with Gasteiger partial charge in [0.1, 0.15) is 11.8 Å². The van der Waals surface area contributed by atoms with Gasteiger partial charge in [-0.15, -0.1) is 0 Å². The summed E-state index contributed by atoms with van der Waals surface area (Å²) in [6.07, 6.45) is 3.19. The Balaban J connectivity index is 2.01. The van der Waals surface area contributed by atoms with Crippen molar-refractivity contribution in [1.82, 2.24) is 4.98 Å². The molecule has 23 heavy (non-hydrogen) atoms. The summed E-state index contributed by atoms with van der Waals surface area (Å²) < 4.78 is 0. The van der Waals surface area contributed by atoms with Crippen LogP contribution in [0.2, 0.25) is 0 Å². The Morgan fingerprint density at radius 2 is 1.39 bits per heavy atom. The molecule has 2 nitrogen and oxygen atoms in total. The van der Waals surface area contributed by atoms with E-state index in [0.29, 0.717) is 5.69 Å². The van der Waals surface area contributed by atoms with Gasteiger partial charge in [-0.1, -0.05) is 60.7 Å². The van der Waals surface area contributed by atoms with Crippen LogP contribution in [0.5, 0.6) is 0 Å². The van der Waals surface area contributed by atoms with Gasteiger partial charge in [-0.3, -0.25) is 0 Å². The third-order valence-corrected chi connectivity index (χ3v) is 4.48. The molecule has 0 N–H and O–H groups in total. The molecule has 1 aromatic heterocycles. The van der Waals surface area contributed by atoms with Gasteiger partial charge in [0, 0.05) is 11.1 Å². The second kappa shape index (κ2) is 5.70. The summed E-state index contributed by atoms with van der Waals surface area (Å²) in [6, 6.07) is 22.7. The zero-order valence-electron chi connectivity index (χ0n) is 12.8. The van der Waals surface area contributed by atoms with Crippen molar-refractivity contribution in [2.75, 3.05) is 0 Å². The molecular weight excluding hydrogens is 280 g/mol. The fourth-order valence-electron chi connectivity index (χ4n) is 3.49. The van der Waals surface area contributed by atoms with Gasteiger partial charge in [-0.05, 0) is 36.0 Å². The lowest BCUT2D eigenvalue weighted by Gasteiger charge is -2.15. The number of fused-ring (bicyclic) bond motifs is 1. The highest BCUT2D eigenvalue weighted by atomic mass is 14.7. The first-order valence-electron chi connectivity index (χ1n) is 7.95. The zero-order valence-corrected chi connectivity index (χ0v) is 12.8. The average Bonchev–Trinajstić information content (AvgIpc) is 3.11. The summed E-state index contributed by atoms with van der Waals surface area (Å²) in [5.41, 5.74) is 7.36. The Hall–Kier alpha value is -2.92. The highest BCUT2D eigenvalue weighted by Crippen LogP contribution is 2.39. The van der Waals surface area contributed by atoms with Crippen molar-refractivity contribution >= 4 is 0 Å². The first-order chi connectivity index (χ1) is 11.4. The summed E-state index contributed by atoms with van der Waals surface area (Å²) in [6.45, 7) is 0. The lowest BCUT2D eigenvalue weighted by atomic mass is 9.93. The maximum atomic E-state index is 9.67. The minimum absolute atomic E-state index is 0.538. The summed E-state index contributed by atoms with van der Waals surface area (Å²) in [4.78, 5) is 4.75. The largest absolute Gasteiger partial charge is 0.236 e. The zero-order chi connectivity index (χ0) is 15.6. The fourth-order valence-corrected chi connectivity index (χ4v) is 3.49. The van der Waals surface area contributed by atoms with Crippen LogP contribution in [0.15, 0.2) is 60.7 Å². The van der Waals surface area contributed by atoms with Crippen molar-refractivity contribution < 1.29 is 0 Å². The van der Waals surface area contributed by atoms with E-state index in [1.165, 1.54) is 11.1 Å².